The van der Waals surface area contributed by atoms with E-state index in [4.69, 9.17) is 20.9 Å². The molecule has 5 nitrogen and oxygen atoms in total. The monoisotopic (exact) mass is 280 g/mol. The third kappa shape index (κ3) is 4.74. The molecule has 0 fully saturated rings. The number of nitrogens with two attached hydrogens (primary N) is 2. The minimum Gasteiger partial charge on any atom is -0.490 e. The molecule has 112 valence electrons. The molecule has 2 unspecified atom stereocenters. The number of benzene rings is 1. The van der Waals surface area contributed by atoms with Crippen LogP contribution in [0.1, 0.15) is 26.3 Å². The zero-order chi connectivity index (χ0) is 15.1. The fourth-order valence-corrected chi connectivity index (χ4v) is 1.79. The van der Waals surface area contributed by atoms with Crippen LogP contribution in [0.4, 0.5) is 0 Å². The molecule has 0 aliphatic rings. The van der Waals surface area contributed by atoms with Crippen molar-refractivity contribution in [3.8, 4) is 11.5 Å². The number of ether oxygens (including phenoxy) is 2. The van der Waals surface area contributed by atoms with Crippen LogP contribution in [0.5, 0.6) is 11.5 Å². The van der Waals surface area contributed by atoms with E-state index < -0.39 is 0 Å². The molecule has 4 N–H and O–H groups in total. The third-order valence-corrected chi connectivity index (χ3v) is 2.87. The summed E-state index contributed by atoms with van der Waals surface area (Å²) >= 11 is 0. The Bertz CT molecular complexity index is 447. The first-order chi connectivity index (χ1) is 9.45. The summed E-state index contributed by atoms with van der Waals surface area (Å²) < 4.78 is 11.3. The van der Waals surface area contributed by atoms with Gasteiger partial charge in [0.2, 0.25) is 5.91 Å². The summed E-state index contributed by atoms with van der Waals surface area (Å²) in [6, 6.07) is 5.73. The van der Waals surface area contributed by atoms with Gasteiger partial charge in [0.15, 0.2) is 11.5 Å². The molecule has 2 atom stereocenters. The normalized spacial score (nSPS) is 13.6. The number of carbonyl (C=O) groups is 1. The minimum absolute atomic E-state index is 0.0165. The first-order valence-electron chi connectivity index (χ1n) is 6.88. The lowest BCUT2D eigenvalue weighted by atomic mass is 10.1. The topological polar surface area (TPSA) is 87.6 Å². The highest BCUT2D eigenvalue weighted by Gasteiger charge is 2.15. The van der Waals surface area contributed by atoms with Crippen LogP contribution in [0.25, 0.3) is 0 Å². The Balaban J connectivity index is 2.95. The van der Waals surface area contributed by atoms with Crippen LogP contribution < -0.4 is 20.9 Å². The van der Waals surface area contributed by atoms with E-state index in [1.807, 2.05) is 32.0 Å². The maximum atomic E-state index is 11.1. The van der Waals surface area contributed by atoms with Crippen molar-refractivity contribution >= 4 is 5.91 Å². The molecule has 1 amide bonds. The molecule has 0 radical (unpaired) electrons. The molecule has 0 saturated heterocycles. The number of hydrogen-bond acceptors (Lipinski definition) is 4. The lowest BCUT2D eigenvalue weighted by molar-refractivity contribution is -0.122. The SMILES string of the molecule is CCOc1cccc(CC(C)N)c1OCC(C)C(N)=O. The summed E-state index contributed by atoms with van der Waals surface area (Å²) in [5, 5.41) is 0. The fourth-order valence-electron chi connectivity index (χ4n) is 1.79. The van der Waals surface area contributed by atoms with Crippen molar-refractivity contribution in [1.29, 1.82) is 0 Å². The molecular formula is C15H24N2O3. The highest BCUT2D eigenvalue weighted by atomic mass is 16.5. The molecule has 0 saturated carbocycles. The highest BCUT2D eigenvalue weighted by molar-refractivity contribution is 5.76. The van der Waals surface area contributed by atoms with Crippen LogP contribution in [-0.4, -0.2) is 25.2 Å². The Kier molecular flexibility index (Phi) is 6.31. The molecule has 1 rings (SSSR count). The Labute approximate surface area is 120 Å². The van der Waals surface area contributed by atoms with Gasteiger partial charge in [-0.3, -0.25) is 4.79 Å². The number of carbonyl (C=O) groups excluding carboxylic acids is 1. The lowest BCUT2D eigenvalue weighted by Gasteiger charge is -2.18. The standard InChI is InChI=1S/C15H24N2O3/c1-4-19-13-7-5-6-12(8-11(3)16)14(13)20-9-10(2)15(17)18/h5-7,10-11H,4,8-9,16H2,1-3H3,(H2,17,18). The van der Waals surface area contributed by atoms with Gasteiger partial charge in [-0.1, -0.05) is 19.1 Å². The summed E-state index contributed by atoms with van der Waals surface area (Å²) in [7, 11) is 0. The van der Waals surface area contributed by atoms with Gasteiger partial charge < -0.3 is 20.9 Å². The number of para-hydroxylation sites is 1. The summed E-state index contributed by atoms with van der Waals surface area (Å²) in [6.07, 6.45) is 0.682. The predicted molar refractivity (Wildman–Crippen MR) is 78.8 cm³/mol. The largest absolute Gasteiger partial charge is 0.490 e. The van der Waals surface area contributed by atoms with Crippen molar-refractivity contribution in [3.05, 3.63) is 23.8 Å². The van der Waals surface area contributed by atoms with Crippen molar-refractivity contribution in [2.45, 2.75) is 33.2 Å². The first kappa shape index (κ1) is 16.3. The van der Waals surface area contributed by atoms with Gasteiger partial charge in [-0.05, 0) is 31.9 Å². The van der Waals surface area contributed by atoms with Crippen molar-refractivity contribution in [2.75, 3.05) is 13.2 Å². The van der Waals surface area contributed by atoms with Crippen LogP contribution in [-0.2, 0) is 11.2 Å². The highest BCUT2D eigenvalue weighted by Crippen LogP contribution is 2.32. The molecule has 1 aromatic carbocycles. The number of primary amides is 1. The van der Waals surface area contributed by atoms with Gasteiger partial charge in [-0.15, -0.1) is 0 Å². The lowest BCUT2D eigenvalue weighted by Crippen LogP contribution is -2.26. The Morgan fingerprint density at radius 2 is 2.00 bits per heavy atom. The zero-order valence-corrected chi connectivity index (χ0v) is 12.4. The van der Waals surface area contributed by atoms with Gasteiger partial charge in [0.1, 0.15) is 0 Å². The Morgan fingerprint density at radius 1 is 1.30 bits per heavy atom. The van der Waals surface area contributed by atoms with E-state index in [-0.39, 0.29) is 24.5 Å². The summed E-state index contributed by atoms with van der Waals surface area (Å²) in [5.74, 6) is 0.586. The Morgan fingerprint density at radius 3 is 2.55 bits per heavy atom. The van der Waals surface area contributed by atoms with Gasteiger partial charge in [-0.2, -0.15) is 0 Å². The van der Waals surface area contributed by atoms with Crippen LogP contribution in [0.3, 0.4) is 0 Å². The van der Waals surface area contributed by atoms with E-state index in [0.29, 0.717) is 24.5 Å². The molecule has 0 bridgehead atoms. The Hall–Kier alpha value is -1.75. The van der Waals surface area contributed by atoms with Gasteiger partial charge in [0.05, 0.1) is 19.1 Å². The number of amides is 1. The molecule has 0 aromatic heterocycles. The molecular weight excluding hydrogens is 256 g/mol. The van der Waals surface area contributed by atoms with Gasteiger partial charge in [0.25, 0.3) is 0 Å². The van der Waals surface area contributed by atoms with Crippen molar-refractivity contribution in [2.24, 2.45) is 17.4 Å². The van der Waals surface area contributed by atoms with Crippen molar-refractivity contribution < 1.29 is 14.3 Å². The molecule has 5 heteroatoms. The summed E-state index contributed by atoms with van der Waals surface area (Å²) in [5.41, 5.74) is 12.1. The van der Waals surface area contributed by atoms with E-state index in [2.05, 4.69) is 0 Å². The second-order valence-corrected chi connectivity index (χ2v) is 4.97. The van der Waals surface area contributed by atoms with Crippen molar-refractivity contribution in [1.82, 2.24) is 0 Å². The van der Waals surface area contributed by atoms with Gasteiger partial charge >= 0.3 is 0 Å². The van der Waals surface area contributed by atoms with Crippen LogP contribution in [0.2, 0.25) is 0 Å². The van der Waals surface area contributed by atoms with Crippen LogP contribution in [0.15, 0.2) is 18.2 Å². The van der Waals surface area contributed by atoms with E-state index in [9.17, 15) is 4.79 Å². The van der Waals surface area contributed by atoms with Crippen LogP contribution >= 0.6 is 0 Å². The van der Waals surface area contributed by atoms with E-state index in [1.165, 1.54) is 0 Å². The van der Waals surface area contributed by atoms with Gasteiger partial charge in [-0.25, -0.2) is 0 Å². The van der Waals surface area contributed by atoms with E-state index in [1.54, 1.807) is 6.92 Å². The fraction of sp³-hybridized carbons (Fsp3) is 0.533. The number of hydrogen-bond donors (Lipinski definition) is 2. The van der Waals surface area contributed by atoms with Crippen LogP contribution in [0, 0.1) is 5.92 Å². The second-order valence-electron chi connectivity index (χ2n) is 4.97. The van der Waals surface area contributed by atoms with Crippen molar-refractivity contribution in [3.63, 3.8) is 0 Å². The minimum atomic E-state index is -0.382. The molecule has 0 heterocycles. The molecule has 1 aromatic rings. The predicted octanol–water partition coefficient (Wildman–Crippen LogP) is 1.48. The van der Waals surface area contributed by atoms with E-state index >= 15 is 0 Å². The molecule has 20 heavy (non-hydrogen) atoms. The molecule has 0 aliphatic heterocycles. The second kappa shape index (κ2) is 7.75. The summed E-state index contributed by atoms with van der Waals surface area (Å²) in [4.78, 5) is 11.1. The average Bonchev–Trinajstić information content (AvgIpc) is 2.37. The van der Waals surface area contributed by atoms with E-state index in [0.717, 1.165) is 5.56 Å². The molecule has 0 spiro atoms. The smallest absolute Gasteiger partial charge is 0.223 e. The third-order valence-electron chi connectivity index (χ3n) is 2.87. The maximum Gasteiger partial charge on any atom is 0.223 e. The summed E-state index contributed by atoms with van der Waals surface area (Å²) in [6.45, 7) is 6.35. The van der Waals surface area contributed by atoms with Gasteiger partial charge in [0, 0.05) is 6.04 Å². The maximum absolute atomic E-state index is 11.1. The average molecular weight is 280 g/mol. The zero-order valence-electron chi connectivity index (χ0n) is 12.4. The molecule has 0 aliphatic carbocycles. The quantitative estimate of drug-likeness (QED) is 0.755. The first-order valence-corrected chi connectivity index (χ1v) is 6.88. The number of rotatable bonds is 8.